The summed E-state index contributed by atoms with van der Waals surface area (Å²) >= 11 is 0. The molecule has 1 saturated heterocycles. The maximum Gasteiger partial charge on any atom is 0.317 e. The third-order valence-electron chi connectivity index (χ3n) is 4.03. The van der Waals surface area contributed by atoms with Crippen molar-refractivity contribution in [3.8, 4) is 0 Å². The Kier molecular flexibility index (Phi) is 3.29. The number of carbonyl (C=O) groups is 1. The van der Waals surface area contributed by atoms with E-state index < -0.39 is 5.97 Å². The zero-order valence-electron chi connectivity index (χ0n) is 9.48. The second kappa shape index (κ2) is 4.52. The first-order valence-corrected chi connectivity index (χ1v) is 6.12. The minimum atomic E-state index is -0.672. The molecule has 3 atom stereocenters. The van der Waals surface area contributed by atoms with E-state index in [1.165, 1.54) is 32.1 Å². The lowest BCUT2D eigenvalue weighted by molar-refractivity contribution is -0.140. The number of rotatable bonds is 2. The van der Waals surface area contributed by atoms with E-state index in [2.05, 4.69) is 11.8 Å². The Morgan fingerprint density at radius 2 is 2.20 bits per heavy atom. The molecule has 1 N–H and O–H groups in total. The van der Waals surface area contributed by atoms with Crippen LogP contribution in [0.4, 0.5) is 0 Å². The summed E-state index contributed by atoms with van der Waals surface area (Å²) in [6, 6.07) is 0.561. The van der Waals surface area contributed by atoms with Crippen molar-refractivity contribution >= 4 is 5.97 Å². The van der Waals surface area contributed by atoms with Crippen molar-refractivity contribution in [1.29, 1.82) is 0 Å². The second-order valence-electron chi connectivity index (χ2n) is 5.25. The smallest absolute Gasteiger partial charge is 0.317 e. The quantitative estimate of drug-likeness (QED) is 0.759. The van der Waals surface area contributed by atoms with Gasteiger partial charge in [-0.3, -0.25) is 9.69 Å². The zero-order chi connectivity index (χ0) is 10.8. The van der Waals surface area contributed by atoms with Crippen molar-refractivity contribution < 1.29 is 9.90 Å². The lowest BCUT2D eigenvalue weighted by Gasteiger charge is -2.45. The highest BCUT2D eigenvalue weighted by atomic mass is 16.4. The summed E-state index contributed by atoms with van der Waals surface area (Å²) in [6.07, 6.45) is 6.28. The van der Waals surface area contributed by atoms with Crippen LogP contribution in [0.25, 0.3) is 0 Å². The first-order valence-electron chi connectivity index (χ1n) is 6.12. The summed E-state index contributed by atoms with van der Waals surface area (Å²) in [5.74, 6) is 0.937. The van der Waals surface area contributed by atoms with Crippen molar-refractivity contribution in [3.63, 3.8) is 0 Å². The molecule has 0 amide bonds. The molecule has 1 saturated carbocycles. The molecule has 0 aromatic rings. The van der Waals surface area contributed by atoms with Crippen LogP contribution in [0.1, 0.15) is 39.0 Å². The van der Waals surface area contributed by atoms with Crippen molar-refractivity contribution in [2.75, 3.05) is 13.1 Å². The average molecular weight is 211 g/mol. The van der Waals surface area contributed by atoms with Gasteiger partial charge in [0.05, 0.1) is 6.54 Å². The number of aliphatic carboxylic acids is 1. The fraction of sp³-hybridized carbons (Fsp3) is 0.917. The van der Waals surface area contributed by atoms with E-state index in [1.54, 1.807) is 0 Å². The highest BCUT2D eigenvalue weighted by Crippen LogP contribution is 2.37. The molecule has 2 rings (SSSR count). The van der Waals surface area contributed by atoms with Crippen molar-refractivity contribution in [1.82, 2.24) is 4.90 Å². The van der Waals surface area contributed by atoms with Gasteiger partial charge in [0, 0.05) is 6.04 Å². The fourth-order valence-electron chi connectivity index (χ4n) is 3.37. The molecule has 0 aromatic heterocycles. The maximum atomic E-state index is 10.8. The Morgan fingerprint density at radius 3 is 2.93 bits per heavy atom. The molecular weight excluding hydrogens is 190 g/mol. The van der Waals surface area contributed by atoms with Gasteiger partial charge in [0.2, 0.25) is 0 Å². The molecule has 1 aliphatic carbocycles. The number of nitrogens with zero attached hydrogens (tertiary/aromatic N) is 1. The van der Waals surface area contributed by atoms with Crippen LogP contribution in [0, 0.1) is 11.8 Å². The molecule has 0 radical (unpaired) electrons. The topological polar surface area (TPSA) is 40.5 Å². The zero-order valence-corrected chi connectivity index (χ0v) is 9.48. The van der Waals surface area contributed by atoms with Gasteiger partial charge in [0.1, 0.15) is 0 Å². The van der Waals surface area contributed by atoms with Gasteiger partial charge in [-0.25, -0.2) is 0 Å². The van der Waals surface area contributed by atoms with E-state index in [-0.39, 0.29) is 6.54 Å². The van der Waals surface area contributed by atoms with E-state index in [0.717, 1.165) is 18.4 Å². The molecule has 2 aliphatic rings. The van der Waals surface area contributed by atoms with E-state index in [0.29, 0.717) is 6.04 Å². The summed E-state index contributed by atoms with van der Waals surface area (Å²) in [4.78, 5) is 13.0. The summed E-state index contributed by atoms with van der Waals surface area (Å²) in [5.41, 5.74) is 0. The SMILES string of the molecule is C[C@@H]1CC[C@@H]2[C@@H](CCCN2CC(=O)O)C1. The molecule has 0 bridgehead atoms. The molecule has 86 valence electrons. The fourth-order valence-corrected chi connectivity index (χ4v) is 3.37. The number of hydrogen-bond donors (Lipinski definition) is 1. The van der Waals surface area contributed by atoms with Crippen molar-refractivity contribution in [2.45, 2.75) is 45.1 Å². The van der Waals surface area contributed by atoms with Gasteiger partial charge in [-0.15, -0.1) is 0 Å². The number of likely N-dealkylation sites (tertiary alicyclic amines) is 1. The van der Waals surface area contributed by atoms with Gasteiger partial charge < -0.3 is 5.11 Å². The van der Waals surface area contributed by atoms with Crippen LogP contribution < -0.4 is 0 Å². The van der Waals surface area contributed by atoms with Crippen LogP contribution in [0.15, 0.2) is 0 Å². The first kappa shape index (κ1) is 10.9. The highest BCUT2D eigenvalue weighted by molar-refractivity contribution is 5.69. The largest absolute Gasteiger partial charge is 0.480 e. The Morgan fingerprint density at radius 1 is 1.40 bits per heavy atom. The van der Waals surface area contributed by atoms with Crippen LogP contribution in [-0.2, 0) is 4.79 Å². The molecule has 15 heavy (non-hydrogen) atoms. The molecule has 1 aliphatic heterocycles. The third-order valence-corrected chi connectivity index (χ3v) is 4.03. The molecule has 3 nitrogen and oxygen atoms in total. The Bertz CT molecular complexity index is 242. The molecule has 0 aromatic carbocycles. The van der Waals surface area contributed by atoms with Gasteiger partial charge in [-0.1, -0.05) is 6.92 Å². The first-order chi connectivity index (χ1) is 7.16. The van der Waals surface area contributed by atoms with Gasteiger partial charge in [-0.05, 0) is 50.5 Å². The highest BCUT2D eigenvalue weighted by Gasteiger charge is 2.35. The molecule has 0 spiro atoms. The van der Waals surface area contributed by atoms with Gasteiger partial charge in [0.25, 0.3) is 0 Å². The predicted octanol–water partition coefficient (Wildman–Crippen LogP) is 1.97. The molecule has 1 heterocycles. The summed E-state index contributed by atoms with van der Waals surface area (Å²) in [5, 5.41) is 8.87. The van der Waals surface area contributed by atoms with Crippen LogP contribution >= 0.6 is 0 Å². The van der Waals surface area contributed by atoms with Gasteiger partial charge in [-0.2, -0.15) is 0 Å². The number of carboxylic acids is 1. The maximum absolute atomic E-state index is 10.8. The Balaban J connectivity index is 1.98. The standard InChI is InChI=1S/C12H21NO2/c1-9-4-5-11-10(7-9)3-2-6-13(11)8-12(14)15/h9-11H,2-8H2,1H3,(H,14,15)/t9-,10+,11-/m1/s1. The number of piperidine rings is 1. The molecule has 2 fully saturated rings. The van der Waals surface area contributed by atoms with Crippen LogP contribution in [0.3, 0.4) is 0 Å². The predicted molar refractivity (Wildman–Crippen MR) is 58.7 cm³/mol. The monoisotopic (exact) mass is 211 g/mol. The molecule has 3 heteroatoms. The van der Waals surface area contributed by atoms with E-state index >= 15 is 0 Å². The summed E-state index contributed by atoms with van der Waals surface area (Å²) in [6.45, 7) is 3.56. The molecule has 0 unspecified atom stereocenters. The van der Waals surface area contributed by atoms with Crippen LogP contribution in [0.5, 0.6) is 0 Å². The lowest BCUT2D eigenvalue weighted by atomic mass is 9.74. The third kappa shape index (κ3) is 2.51. The van der Waals surface area contributed by atoms with Crippen molar-refractivity contribution in [2.24, 2.45) is 11.8 Å². The lowest BCUT2D eigenvalue weighted by Crippen LogP contribution is -2.49. The van der Waals surface area contributed by atoms with Crippen LogP contribution in [-0.4, -0.2) is 35.1 Å². The van der Waals surface area contributed by atoms with E-state index in [1.807, 2.05) is 0 Å². The normalized spacial score (nSPS) is 37.3. The van der Waals surface area contributed by atoms with Gasteiger partial charge in [0.15, 0.2) is 0 Å². The average Bonchev–Trinajstić information content (AvgIpc) is 2.16. The number of hydrogen-bond acceptors (Lipinski definition) is 2. The minimum absolute atomic E-state index is 0.246. The number of fused-ring (bicyclic) bond motifs is 1. The van der Waals surface area contributed by atoms with E-state index in [9.17, 15) is 4.79 Å². The minimum Gasteiger partial charge on any atom is -0.480 e. The number of carboxylic acid groups (broad SMARTS) is 1. The van der Waals surface area contributed by atoms with E-state index in [4.69, 9.17) is 5.11 Å². The van der Waals surface area contributed by atoms with Crippen molar-refractivity contribution in [3.05, 3.63) is 0 Å². The van der Waals surface area contributed by atoms with Gasteiger partial charge >= 0.3 is 5.97 Å². The summed E-state index contributed by atoms with van der Waals surface area (Å²) < 4.78 is 0. The summed E-state index contributed by atoms with van der Waals surface area (Å²) in [7, 11) is 0. The molecular formula is C12H21NO2. The Hall–Kier alpha value is -0.570. The Labute approximate surface area is 91.5 Å². The second-order valence-corrected chi connectivity index (χ2v) is 5.25. The van der Waals surface area contributed by atoms with Crippen LogP contribution in [0.2, 0.25) is 0 Å².